The highest BCUT2D eigenvalue weighted by molar-refractivity contribution is 5.83. The predicted molar refractivity (Wildman–Crippen MR) is 98.2 cm³/mol. The molecule has 2 N–H and O–H groups in total. The summed E-state index contributed by atoms with van der Waals surface area (Å²) in [6.45, 7) is 3.94. The summed E-state index contributed by atoms with van der Waals surface area (Å²) < 4.78 is 2.12. The van der Waals surface area contributed by atoms with Gasteiger partial charge >= 0.3 is 0 Å². The van der Waals surface area contributed by atoms with Gasteiger partial charge in [0, 0.05) is 30.9 Å². The van der Waals surface area contributed by atoms with Gasteiger partial charge < -0.3 is 15.0 Å². The average Bonchev–Trinajstić information content (AvgIpc) is 3.14. The van der Waals surface area contributed by atoms with Crippen LogP contribution in [0.4, 0.5) is 0 Å². The lowest BCUT2D eigenvalue weighted by Gasteiger charge is -2.64. The molecule has 142 valence electrons. The summed E-state index contributed by atoms with van der Waals surface area (Å²) in [4.78, 5) is 17.5. The van der Waals surface area contributed by atoms with Crippen LogP contribution in [-0.4, -0.2) is 32.7 Å². The van der Waals surface area contributed by atoms with Gasteiger partial charge in [0.15, 0.2) is 0 Å². The molecule has 5 heteroatoms. The van der Waals surface area contributed by atoms with Crippen LogP contribution in [0.25, 0.3) is 0 Å². The van der Waals surface area contributed by atoms with E-state index < -0.39 is 5.60 Å². The number of carbonyl (C=O) groups excluding carboxylic acids is 1. The Morgan fingerprint density at radius 1 is 1.27 bits per heavy atom. The molecule has 0 unspecified atom stereocenters. The van der Waals surface area contributed by atoms with Crippen molar-refractivity contribution in [2.75, 3.05) is 6.54 Å². The minimum atomic E-state index is -0.596. The highest BCUT2D eigenvalue weighted by Crippen LogP contribution is 2.67. The van der Waals surface area contributed by atoms with Gasteiger partial charge in [-0.2, -0.15) is 0 Å². The summed E-state index contributed by atoms with van der Waals surface area (Å²) >= 11 is 0. The smallest absolute Gasteiger partial charge is 0.226 e. The standard InChI is InChI=1S/C21H31N3O2/c1-2-18-7-16-8-20(10-18,12-21(26,9-16)11-18)17(25)23-13-19(3-4-19)14-24-6-5-22-15-24/h5-6,15-16,26H,2-4,7-14H2,1H3,(H,23,25)/t16-,18-,20-,21-/m1/s1. The summed E-state index contributed by atoms with van der Waals surface area (Å²) in [5.74, 6) is 0.748. The molecule has 1 aromatic heterocycles. The molecule has 5 fully saturated rings. The van der Waals surface area contributed by atoms with Crippen molar-refractivity contribution in [3.05, 3.63) is 18.7 Å². The van der Waals surface area contributed by atoms with Crippen LogP contribution in [0.2, 0.25) is 0 Å². The van der Waals surface area contributed by atoms with Crippen molar-refractivity contribution in [2.45, 2.75) is 76.9 Å². The number of nitrogens with zero attached hydrogens (tertiary/aromatic N) is 2. The van der Waals surface area contributed by atoms with Crippen molar-refractivity contribution < 1.29 is 9.90 Å². The second kappa shape index (κ2) is 5.34. The second-order valence-electron chi connectivity index (χ2n) is 10.3. The molecule has 0 saturated heterocycles. The zero-order valence-electron chi connectivity index (χ0n) is 15.8. The van der Waals surface area contributed by atoms with E-state index in [0.717, 1.165) is 45.2 Å². The third-order valence-electron chi connectivity index (χ3n) is 8.04. The highest BCUT2D eigenvalue weighted by atomic mass is 16.3. The maximum Gasteiger partial charge on any atom is 0.226 e. The second-order valence-corrected chi connectivity index (χ2v) is 10.3. The van der Waals surface area contributed by atoms with Crippen molar-refractivity contribution in [2.24, 2.45) is 22.2 Å². The largest absolute Gasteiger partial charge is 0.390 e. The maximum absolute atomic E-state index is 13.3. The van der Waals surface area contributed by atoms with E-state index in [-0.39, 0.29) is 22.2 Å². The van der Waals surface area contributed by atoms with Crippen molar-refractivity contribution in [1.82, 2.24) is 14.9 Å². The van der Waals surface area contributed by atoms with Crippen LogP contribution >= 0.6 is 0 Å². The molecular formula is C21H31N3O2. The molecule has 4 atom stereocenters. The summed E-state index contributed by atoms with van der Waals surface area (Å²) in [6.07, 6.45) is 14.8. The molecule has 0 spiro atoms. The van der Waals surface area contributed by atoms with E-state index in [1.807, 2.05) is 18.7 Å². The van der Waals surface area contributed by atoms with Crippen LogP contribution in [0.1, 0.15) is 64.7 Å². The van der Waals surface area contributed by atoms with Gasteiger partial charge in [0.25, 0.3) is 0 Å². The predicted octanol–water partition coefficient (Wildman–Crippen LogP) is 2.89. The van der Waals surface area contributed by atoms with E-state index in [0.29, 0.717) is 12.3 Å². The Bertz CT molecular complexity index is 713. The topological polar surface area (TPSA) is 67.2 Å². The molecule has 1 amide bonds. The first-order chi connectivity index (χ1) is 12.4. The van der Waals surface area contributed by atoms with Crippen LogP contribution in [0.15, 0.2) is 18.7 Å². The molecule has 0 aliphatic heterocycles. The Kier molecular flexibility index (Phi) is 3.45. The number of carbonyl (C=O) groups is 1. The Hall–Kier alpha value is -1.36. The number of aromatic nitrogens is 2. The lowest BCUT2D eigenvalue weighted by atomic mass is 9.42. The number of hydrogen-bond acceptors (Lipinski definition) is 3. The van der Waals surface area contributed by atoms with Gasteiger partial charge in [0.2, 0.25) is 5.91 Å². The fraction of sp³-hybridized carbons (Fsp3) is 0.810. The van der Waals surface area contributed by atoms with Crippen molar-refractivity contribution >= 4 is 5.91 Å². The zero-order chi connectivity index (χ0) is 18.0. The Balaban J connectivity index is 1.30. The number of rotatable bonds is 6. The molecule has 0 radical (unpaired) electrons. The number of imidazole rings is 1. The van der Waals surface area contributed by atoms with Gasteiger partial charge in [-0.05, 0) is 62.7 Å². The lowest BCUT2D eigenvalue weighted by molar-refractivity contribution is -0.204. The van der Waals surface area contributed by atoms with Crippen molar-refractivity contribution in [3.63, 3.8) is 0 Å². The van der Waals surface area contributed by atoms with Crippen LogP contribution in [0.5, 0.6) is 0 Å². The summed E-state index contributed by atoms with van der Waals surface area (Å²) in [6, 6.07) is 0. The van der Waals surface area contributed by atoms with Crippen molar-refractivity contribution in [3.8, 4) is 0 Å². The van der Waals surface area contributed by atoms with E-state index >= 15 is 0 Å². The zero-order valence-corrected chi connectivity index (χ0v) is 15.8. The van der Waals surface area contributed by atoms with E-state index in [9.17, 15) is 9.90 Å². The average molecular weight is 357 g/mol. The molecule has 5 aliphatic rings. The molecule has 1 aromatic rings. The van der Waals surface area contributed by atoms with Gasteiger partial charge in [-0.15, -0.1) is 0 Å². The molecule has 6 rings (SSSR count). The van der Waals surface area contributed by atoms with E-state index in [4.69, 9.17) is 0 Å². The fourth-order valence-electron chi connectivity index (χ4n) is 7.02. The molecule has 5 saturated carbocycles. The summed E-state index contributed by atoms with van der Waals surface area (Å²) in [7, 11) is 0. The third-order valence-corrected chi connectivity index (χ3v) is 8.04. The van der Waals surface area contributed by atoms with Crippen LogP contribution in [0.3, 0.4) is 0 Å². The Morgan fingerprint density at radius 3 is 2.77 bits per heavy atom. The van der Waals surface area contributed by atoms with Crippen LogP contribution in [0, 0.1) is 22.2 Å². The van der Waals surface area contributed by atoms with Gasteiger partial charge in [-0.25, -0.2) is 4.98 Å². The van der Waals surface area contributed by atoms with Gasteiger partial charge in [0.1, 0.15) is 0 Å². The normalized spacial score (nSPS) is 42.0. The number of hydrogen-bond donors (Lipinski definition) is 2. The SMILES string of the molecule is CC[C@]12C[C@H]3C[C@@](O)(C1)C[C@@](C(=O)NCC1(Cn4ccnc4)CC1)(C3)C2. The Labute approximate surface area is 155 Å². The quantitative estimate of drug-likeness (QED) is 0.823. The molecule has 5 nitrogen and oxygen atoms in total. The molecule has 4 bridgehead atoms. The monoisotopic (exact) mass is 357 g/mol. The van der Waals surface area contributed by atoms with E-state index in [1.165, 1.54) is 19.3 Å². The first-order valence-electron chi connectivity index (χ1n) is 10.3. The van der Waals surface area contributed by atoms with Gasteiger partial charge in [-0.3, -0.25) is 4.79 Å². The van der Waals surface area contributed by atoms with E-state index in [2.05, 4.69) is 21.8 Å². The molecule has 0 aromatic carbocycles. The minimum absolute atomic E-state index is 0.194. The molecular weight excluding hydrogens is 326 g/mol. The maximum atomic E-state index is 13.3. The molecule has 5 aliphatic carbocycles. The molecule has 1 heterocycles. The van der Waals surface area contributed by atoms with Gasteiger partial charge in [0.05, 0.1) is 17.3 Å². The fourth-order valence-corrected chi connectivity index (χ4v) is 7.02. The molecule has 26 heavy (non-hydrogen) atoms. The number of nitrogens with one attached hydrogen (secondary N) is 1. The number of amides is 1. The summed E-state index contributed by atoms with van der Waals surface area (Å²) in [5.41, 5.74) is -0.520. The van der Waals surface area contributed by atoms with Crippen LogP contribution < -0.4 is 5.32 Å². The number of aliphatic hydroxyl groups is 1. The highest BCUT2D eigenvalue weighted by Gasteiger charge is 2.64. The van der Waals surface area contributed by atoms with Crippen molar-refractivity contribution in [1.29, 1.82) is 0 Å². The lowest BCUT2D eigenvalue weighted by Crippen LogP contribution is -2.64. The Morgan fingerprint density at radius 2 is 2.12 bits per heavy atom. The summed E-state index contributed by atoms with van der Waals surface area (Å²) in [5, 5.41) is 14.5. The van der Waals surface area contributed by atoms with Gasteiger partial charge in [-0.1, -0.05) is 13.3 Å². The first-order valence-corrected chi connectivity index (χ1v) is 10.3. The first kappa shape index (κ1) is 16.8. The minimum Gasteiger partial charge on any atom is -0.390 e. The van der Waals surface area contributed by atoms with Crippen LogP contribution in [-0.2, 0) is 11.3 Å². The van der Waals surface area contributed by atoms with E-state index in [1.54, 1.807) is 0 Å². The third kappa shape index (κ3) is 2.62.